The first-order chi connectivity index (χ1) is 14.0. The van der Waals surface area contributed by atoms with Crippen molar-refractivity contribution in [1.82, 2.24) is 15.4 Å². The van der Waals surface area contributed by atoms with Gasteiger partial charge in [-0.25, -0.2) is 0 Å². The van der Waals surface area contributed by atoms with Crippen LogP contribution in [-0.4, -0.2) is 49.8 Å². The van der Waals surface area contributed by atoms with Crippen LogP contribution in [0.1, 0.15) is 54.6 Å². The van der Waals surface area contributed by atoms with E-state index < -0.39 is 0 Å². The molecule has 1 amide bonds. The highest BCUT2D eigenvalue weighted by molar-refractivity contribution is 5.95. The first kappa shape index (κ1) is 23.7. The van der Waals surface area contributed by atoms with Gasteiger partial charge in [-0.15, -0.1) is 0 Å². The standard InChI is InChI=1S/C23H35N3O4/c1-15-18(16(2)30-25-15)14-29-19-10-9-17(13-20(19)28-8)22(27)24-21(23(3,4)5)11-12-26(6)7/h9-10,13,21H,11-12,14H2,1-8H3,(H,24,27). The van der Waals surface area contributed by atoms with Gasteiger partial charge in [0.1, 0.15) is 12.4 Å². The molecule has 1 atom stereocenters. The maximum Gasteiger partial charge on any atom is 0.251 e. The summed E-state index contributed by atoms with van der Waals surface area (Å²) >= 11 is 0. The largest absolute Gasteiger partial charge is 0.493 e. The van der Waals surface area contributed by atoms with E-state index in [0.717, 1.165) is 30.0 Å². The Balaban J connectivity index is 2.12. The van der Waals surface area contributed by atoms with E-state index >= 15 is 0 Å². The highest BCUT2D eigenvalue weighted by atomic mass is 16.5. The van der Waals surface area contributed by atoms with E-state index in [9.17, 15) is 4.79 Å². The number of ether oxygens (including phenoxy) is 2. The number of hydrogen-bond donors (Lipinski definition) is 1. The molecule has 7 heteroatoms. The molecule has 166 valence electrons. The van der Waals surface area contributed by atoms with E-state index in [1.54, 1.807) is 25.3 Å². The minimum absolute atomic E-state index is 0.0485. The molecule has 1 unspecified atom stereocenters. The lowest BCUT2D eigenvalue weighted by molar-refractivity contribution is 0.0892. The monoisotopic (exact) mass is 417 g/mol. The van der Waals surface area contributed by atoms with Gasteiger partial charge >= 0.3 is 0 Å². The fourth-order valence-electron chi connectivity index (χ4n) is 3.14. The van der Waals surface area contributed by atoms with Crippen LogP contribution in [0.2, 0.25) is 0 Å². The van der Waals surface area contributed by atoms with Crippen LogP contribution in [0.25, 0.3) is 0 Å². The number of carbonyl (C=O) groups excluding carboxylic acids is 1. The summed E-state index contributed by atoms with van der Waals surface area (Å²) in [5.41, 5.74) is 2.20. The van der Waals surface area contributed by atoms with Crippen molar-refractivity contribution >= 4 is 5.91 Å². The van der Waals surface area contributed by atoms with E-state index in [1.165, 1.54) is 0 Å². The maximum atomic E-state index is 12.9. The number of methoxy groups -OCH3 is 1. The topological polar surface area (TPSA) is 76.8 Å². The zero-order valence-electron chi connectivity index (χ0n) is 19.5. The zero-order chi connectivity index (χ0) is 22.5. The zero-order valence-corrected chi connectivity index (χ0v) is 19.5. The summed E-state index contributed by atoms with van der Waals surface area (Å²) in [6.45, 7) is 11.4. The van der Waals surface area contributed by atoms with Gasteiger partial charge in [-0.05, 0) is 64.5 Å². The number of rotatable bonds is 9. The number of aryl methyl sites for hydroxylation is 2. The lowest BCUT2D eigenvalue weighted by Crippen LogP contribution is -2.45. The smallest absolute Gasteiger partial charge is 0.251 e. The van der Waals surface area contributed by atoms with Gasteiger partial charge in [0.2, 0.25) is 0 Å². The highest BCUT2D eigenvalue weighted by Gasteiger charge is 2.27. The van der Waals surface area contributed by atoms with Crippen molar-refractivity contribution in [3.63, 3.8) is 0 Å². The van der Waals surface area contributed by atoms with Crippen LogP contribution in [0, 0.1) is 19.3 Å². The van der Waals surface area contributed by atoms with E-state index in [0.29, 0.717) is 23.7 Å². The molecule has 0 fully saturated rings. The van der Waals surface area contributed by atoms with Crippen molar-refractivity contribution in [1.29, 1.82) is 0 Å². The van der Waals surface area contributed by atoms with Gasteiger partial charge in [0.05, 0.1) is 18.4 Å². The van der Waals surface area contributed by atoms with E-state index in [1.807, 2.05) is 27.9 Å². The van der Waals surface area contributed by atoms with Gasteiger partial charge in [0.25, 0.3) is 5.91 Å². The molecule has 1 heterocycles. The number of hydrogen-bond acceptors (Lipinski definition) is 6. The molecule has 0 aliphatic heterocycles. The van der Waals surface area contributed by atoms with Gasteiger partial charge in [-0.1, -0.05) is 25.9 Å². The van der Waals surface area contributed by atoms with Crippen molar-refractivity contribution in [3.05, 3.63) is 40.8 Å². The summed E-state index contributed by atoms with van der Waals surface area (Å²) in [4.78, 5) is 15.0. The highest BCUT2D eigenvalue weighted by Crippen LogP contribution is 2.30. The van der Waals surface area contributed by atoms with Crippen molar-refractivity contribution in [3.8, 4) is 11.5 Å². The predicted molar refractivity (Wildman–Crippen MR) is 117 cm³/mol. The molecule has 0 radical (unpaired) electrons. The molecule has 0 aliphatic carbocycles. The molecule has 0 spiro atoms. The summed E-state index contributed by atoms with van der Waals surface area (Å²) in [6, 6.07) is 5.28. The number of aromatic nitrogens is 1. The lowest BCUT2D eigenvalue weighted by Gasteiger charge is -2.32. The average Bonchev–Trinajstić information content (AvgIpc) is 2.99. The SMILES string of the molecule is COc1cc(C(=O)NC(CCN(C)C)C(C)(C)C)ccc1OCc1c(C)noc1C. The molecule has 2 rings (SSSR count). The third-order valence-electron chi connectivity index (χ3n) is 5.19. The molecule has 0 saturated carbocycles. The second kappa shape index (κ2) is 9.98. The van der Waals surface area contributed by atoms with Crippen LogP contribution in [0.5, 0.6) is 11.5 Å². The number of nitrogens with one attached hydrogen (secondary N) is 1. The van der Waals surface area contributed by atoms with Crippen LogP contribution >= 0.6 is 0 Å². The van der Waals surface area contributed by atoms with Crippen LogP contribution in [-0.2, 0) is 6.61 Å². The molecule has 7 nitrogen and oxygen atoms in total. The molecular formula is C23H35N3O4. The molecule has 1 N–H and O–H groups in total. The Kier molecular flexibility index (Phi) is 7.89. The molecule has 1 aromatic heterocycles. The summed E-state index contributed by atoms with van der Waals surface area (Å²) in [7, 11) is 5.64. The second-order valence-electron chi connectivity index (χ2n) is 8.94. The van der Waals surface area contributed by atoms with Crippen molar-refractivity contribution in [2.24, 2.45) is 5.41 Å². The van der Waals surface area contributed by atoms with Crippen molar-refractivity contribution in [2.45, 2.75) is 53.7 Å². The van der Waals surface area contributed by atoms with Crippen molar-refractivity contribution < 1.29 is 18.8 Å². The minimum atomic E-state index is -0.121. The van der Waals surface area contributed by atoms with E-state index in [2.05, 4.69) is 36.1 Å². The van der Waals surface area contributed by atoms with Crippen LogP contribution in [0.4, 0.5) is 0 Å². The predicted octanol–water partition coefficient (Wildman–Crippen LogP) is 3.98. The number of amides is 1. The van der Waals surface area contributed by atoms with E-state index in [4.69, 9.17) is 14.0 Å². The third kappa shape index (κ3) is 6.23. The van der Waals surface area contributed by atoms with Crippen LogP contribution in [0.3, 0.4) is 0 Å². The summed E-state index contributed by atoms with van der Waals surface area (Å²) < 4.78 is 16.5. The fourth-order valence-corrected chi connectivity index (χ4v) is 3.14. The Bertz CT molecular complexity index is 833. The second-order valence-corrected chi connectivity index (χ2v) is 8.94. The molecule has 1 aromatic carbocycles. The fraction of sp³-hybridized carbons (Fsp3) is 0.565. The molecule has 0 saturated heterocycles. The Morgan fingerprint density at radius 2 is 1.93 bits per heavy atom. The van der Waals surface area contributed by atoms with Crippen LogP contribution < -0.4 is 14.8 Å². The quantitative estimate of drug-likeness (QED) is 0.665. The Hall–Kier alpha value is -2.54. The third-order valence-corrected chi connectivity index (χ3v) is 5.19. The van der Waals surface area contributed by atoms with Gasteiger partial charge in [0, 0.05) is 11.6 Å². The van der Waals surface area contributed by atoms with Crippen LogP contribution in [0.15, 0.2) is 22.7 Å². The molecule has 30 heavy (non-hydrogen) atoms. The van der Waals surface area contributed by atoms with Gasteiger partial charge in [-0.3, -0.25) is 4.79 Å². The number of nitrogens with zero attached hydrogens (tertiary/aromatic N) is 2. The van der Waals surface area contributed by atoms with Crippen molar-refractivity contribution in [2.75, 3.05) is 27.7 Å². The minimum Gasteiger partial charge on any atom is -0.493 e. The van der Waals surface area contributed by atoms with Gasteiger partial charge in [-0.2, -0.15) is 0 Å². The molecule has 0 aliphatic rings. The van der Waals surface area contributed by atoms with E-state index in [-0.39, 0.29) is 17.4 Å². The maximum absolute atomic E-state index is 12.9. The van der Waals surface area contributed by atoms with Gasteiger partial charge in [0.15, 0.2) is 11.5 Å². The van der Waals surface area contributed by atoms with Gasteiger partial charge < -0.3 is 24.2 Å². The Morgan fingerprint density at radius 1 is 1.23 bits per heavy atom. The first-order valence-corrected chi connectivity index (χ1v) is 10.2. The Morgan fingerprint density at radius 3 is 2.47 bits per heavy atom. The molecular weight excluding hydrogens is 382 g/mol. The molecule has 2 aromatic rings. The lowest BCUT2D eigenvalue weighted by atomic mass is 9.84. The Labute approximate surface area is 179 Å². The number of benzene rings is 1. The number of carbonyl (C=O) groups is 1. The average molecular weight is 418 g/mol. The summed E-state index contributed by atoms with van der Waals surface area (Å²) in [5.74, 6) is 1.68. The summed E-state index contributed by atoms with van der Waals surface area (Å²) in [5, 5.41) is 7.13. The normalized spacial score (nSPS) is 12.7. The molecule has 0 bridgehead atoms. The first-order valence-electron chi connectivity index (χ1n) is 10.2. The summed E-state index contributed by atoms with van der Waals surface area (Å²) in [6.07, 6.45) is 0.873.